The van der Waals surface area contributed by atoms with Crippen LogP contribution in [0, 0.1) is 0 Å². The maximum Gasteiger partial charge on any atom is 0.144 e. The van der Waals surface area contributed by atoms with Crippen molar-refractivity contribution in [1.82, 2.24) is 0 Å². The number of hydrogen-bond acceptors (Lipinski definition) is 5. The van der Waals surface area contributed by atoms with Gasteiger partial charge < -0.3 is 20.9 Å². The topological polar surface area (TPSA) is 67.5 Å². The van der Waals surface area contributed by atoms with Gasteiger partial charge in [-0.2, -0.15) is 11.3 Å². The van der Waals surface area contributed by atoms with Crippen molar-refractivity contribution in [2.75, 3.05) is 17.6 Å². The van der Waals surface area contributed by atoms with E-state index >= 15 is 0 Å². The molecule has 0 saturated carbocycles. The molecule has 2 aromatic rings. The predicted molar refractivity (Wildman–Crippen MR) is 84.4 cm³/mol. The van der Waals surface area contributed by atoms with Gasteiger partial charge in [0.1, 0.15) is 5.75 Å². The molecule has 1 heterocycles. The van der Waals surface area contributed by atoms with Crippen LogP contribution in [0.1, 0.15) is 25.5 Å². The fourth-order valence-electron chi connectivity index (χ4n) is 1.80. The molecule has 1 aromatic heterocycles. The van der Waals surface area contributed by atoms with E-state index in [-0.39, 0.29) is 6.10 Å². The number of nitrogens with one attached hydrogen (secondary N) is 1. The molecule has 108 valence electrons. The molecule has 0 bridgehead atoms. The summed E-state index contributed by atoms with van der Waals surface area (Å²) in [7, 11) is 0. The zero-order valence-corrected chi connectivity index (χ0v) is 12.5. The molecule has 0 amide bonds. The van der Waals surface area contributed by atoms with Gasteiger partial charge in [-0.25, -0.2) is 0 Å². The van der Waals surface area contributed by atoms with Gasteiger partial charge >= 0.3 is 0 Å². The molecule has 0 fully saturated rings. The summed E-state index contributed by atoms with van der Waals surface area (Å²) in [5.74, 6) is 0.662. The SMILES string of the molecule is CC(C)Oc1cc(NCC(O)c2ccsc2)ccc1N. The first kappa shape index (κ1) is 14.7. The average molecular weight is 292 g/mol. The molecule has 2 rings (SSSR count). The Bertz CT molecular complexity index is 541. The van der Waals surface area contributed by atoms with E-state index in [1.54, 1.807) is 17.4 Å². The van der Waals surface area contributed by atoms with Crippen molar-refractivity contribution < 1.29 is 9.84 Å². The average Bonchev–Trinajstić information content (AvgIpc) is 2.92. The van der Waals surface area contributed by atoms with Gasteiger partial charge in [-0.3, -0.25) is 0 Å². The lowest BCUT2D eigenvalue weighted by molar-refractivity contribution is 0.192. The smallest absolute Gasteiger partial charge is 0.144 e. The predicted octanol–water partition coefficient (Wildman–Crippen LogP) is 3.26. The van der Waals surface area contributed by atoms with Gasteiger partial charge in [-0.05, 0) is 48.4 Å². The van der Waals surface area contributed by atoms with Crippen molar-refractivity contribution in [2.24, 2.45) is 0 Å². The number of aliphatic hydroxyl groups is 1. The molecule has 0 aliphatic heterocycles. The number of nitrogens with two attached hydrogens (primary N) is 1. The van der Waals surface area contributed by atoms with Crippen molar-refractivity contribution >= 4 is 22.7 Å². The summed E-state index contributed by atoms with van der Waals surface area (Å²) < 4.78 is 5.64. The van der Waals surface area contributed by atoms with E-state index < -0.39 is 6.10 Å². The minimum absolute atomic E-state index is 0.0731. The van der Waals surface area contributed by atoms with Gasteiger partial charge in [0.05, 0.1) is 17.9 Å². The summed E-state index contributed by atoms with van der Waals surface area (Å²) in [5.41, 5.74) is 8.29. The standard InChI is InChI=1S/C15H20N2O2S/c1-10(2)19-15-7-12(3-4-13(15)16)17-8-14(18)11-5-6-20-9-11/h3-7,9-10,14,17-18H,8,16H2,1-2H3. The Kier molecular flexibility index (Phi) is 4.87. The summed E-state index contributed by atoms with van der Waals surface area (Å²) in [6.45, 7) is 4.36. The van der Waals surface area contributed by atoms with Gasteiger partial charge in [0, 0.05) is 18.3 Å². The first-order valence-corrected chi connectivity index (χ1v) is 7.50. The summed E-state index contributed by atoms with van der Waals surface area (Å²) in [5, 5.41) is 17.1. The second-order valence-corrected chi connectivity index (χ2v) is 5.65. The highest BCUT2D eigenvalue weighted by molar-refractivity contribution is 7.07. The maximum absolute atomic E-state index is 10.0. The minimum atomic E-state index is -0.520. The Hall–Kier alpha value is -1.72. The van der Waals surface area contributed by atoms with E-state index in [9.17, 15) is 5.11 Å². The highest BCUT2D eigenvalue weighted by Gasteiger charge is 2.09. The molecule has 0 saturated heterocycles. The Balaban J connectivity index is 1.99. The number of aliphatic hydroxyl groups excluding tert-OH is 1. The number of hydrogen-bond donors (Lipinski definition) is 3. The molecule has 4 N–H and O–H groups in total. The minimum Gasteiger partial charge on any atom is -0.489 e. The Morgan fingerprint density at radius 3 is 2.80 bits per heavy atom. The fourth-order valence-corrected chi connectivity index (χ4v) is 2.50. The molecule has 5 heteroatoms. The second kappa shape index (κ2) is 6.63. The van der Waals surface area contributed by atoms with Gasteiger partial charge in [-0.1, -0.05) is 0 Å². The lowest BCUT2D eigenvalue weighted by Gasteiger charge is -2.15. The van der Waals surface area contributed by atoms with Crippen molar-refractivity contribution in [3.63, 3.8) is 0 Å². The summed E-state index contributed by atoms with van der Waals surface area (Å²) in [6.07, 6.45) is -0.447. The first-order valence-electron chi connectivity index (χ1n) is 6.56. The van der Waals surface area contributed by atoms with Crippen molar-refractivity contribution in [2.45, 2.75) is 26.1 Å². The Morgan fingerprint density at radius 2 is 2.15 bits per heavy atom. The summed E-state index contributed by atoms with van der Waals surface area (Å²) >= 11 is 1.58. The fraction of sp³-hybridized carbons (Fsp3) is 0.333. The molecule has 0 spiro atoms. The Morgan fingerprint density at radius 1 is 1.35 bits per heavy atom. The number of anilines is 2. The first-order chi connectivity index (χ1) is 9.56. The number of nitrogen functional groups attached to an aromatic ring is 1. The molecule has 1 unspecified atom stereocenters. The Labute approximate surface area is 123 Å². The third-order valence-electron chi connectivity index (χ3n) is 2.80. The van der Waals surface area contributed by atoms with Gasteiger partial charge in [-0.15, -0.1) is 0 Å². The quantitative estimate of drug-likeness (QED) is 0.715. The summed E-state index contributed by atoms with van der Waals surface area (Å²) in [6, 6.07) is 7.46. The zero-order valence-electron chi connectivity index (χ0n) is 11.7. The highest BCUT2D eigenvalue weighted by Crippen LogP contribution is 2.27. The van der Waals surface area contributed by atoms with Crippen LogP contribution < -0.4 is 15.8 Å². The van der Waals surface area contributed by atoms with E-state index in [1.807, 2.05) is 42.8 Å². The van der Waals surface area contributed by atoms with Crippen LogP contribution in [-0.4, -0.2) is 17.8 Å². The molecule has 4 nitrogen and oxygen atoms in total. The molecular weight excluding hydrogens is 272 g/mol. The normalized spacial score (nSPS) is 12.4. The highest BCUT2D eigenvalue weighted by atomic mass is 32.1. The molecule has 1 atom stereocenters. The second-order valence-electron chi connectivity index (χ2n) is 4.87. The summed E-state index contributed by atoms with van der Waals surface area (Å²) in [4.78, 5) is 0. The van der Waals surface area contributed by atoms with Crippen LogP contribution in [0.4, 0.5) is 11.4 Å². The van der Waals surface area contributed by atoms with Crippen LogP contribution in [0.2, 0.25) is 0 Å². The van der Waals surface area contributed by atoms with Crippen LogP contribution in [0.5, 0.6) is 5.75 Å². The van der Waals surface area contributed by atoms with Crippen LogP contribution in [0.15, 0.2) is 35.0 Å². The van der Waals surface area contributed by atoms with E-state index in [2.05, 4.69) is 5.32 Å². The molecule has 0 aliphatic rings. The van der Waals surface area contributed by atoms with Gasteiger partial charge in [0.15, 0.2) is 0 Å². The largest absolute Gasteiger partial charge is 0.489 e. The van der Waals surface area contributed by atoms with Crippen molar-refractivity contribution in [3.8, 4) is 5.75 Å². The van der Waals surface area contributed by atoms with Gasteiger partial charge in [0.2, 0.25) is 0 Å². The van der Waals surface area contributed by atoms with Crippen LogP contribution in [-0.2, 0) is 0 Å². The monoisotopic (exact) mass is 292 g/mol. The molecule has 20 heavy (non-hydrogen) atoms. The van der Waals surface area contributed by atoms with E-state index in [1.165, 1.54) is 0 Å². The van der Waals surface area contributed by atoms with Crippen LogP contribution in [0.3, 0.4) is 0 Å². The maximum atomic E-state index is 10.0. The molecular formula is C15H20N2O2S. The molecule has 0 aliphatic carbocycles. The van der Waals surface area contributed by atoms with E-state index in [0.717, 1.165) is 11.3 Å². The zero-order chi connectivity index (χ0) is 14.5. The number of benzene rings is 1. The number of thiophene rings is 1. The third kappa shape index (κ3) is 3.88. The number of ether oxygens (including phenoxy) is 1. The molecule has 0 radical (unpaired) electrons. The molecule has 1 aromatic carbocycles. The van der Waals surface area contributed by atoms with E-state index in [4.69, 9.17) is 10.5 Å². The number of rotatable bonds is 6. The lowest BCUT2D eigenvalue weighted by Crippen LogP contribution is -2.12. The van der Waals surface area contributed by atoms with Crippen LogP contribution >= 0.6 is 11.3 Å². The van der Waals surface area contributed by atoms with Crippen LogP contribution in [0.25, 0.3) is 0 Å². The van der Waals surface area contributed by atoms with Gasteiger partial charge in [0.25, 0.3) is 0 Å². The third-order valence-corrected chi connectivity index (χ3v) is 3.51. The van der Waals surface area contributed by atoms with Crippen molar-refractivity contribution in [3.05, 3.63) is 40.6 Å². The van der Waals surface area contributed by atoms with E-state index in [0.29, 0.717) is 18.0 Å². The van der Waals surface area contributed by atoms with Crippen molar-refractivity contribution in [1.29, 1.82) is 0 Å². The lowest BCUT2D eigenvalue weighted by atomic mass is 10.2.